The molecule has 8 nitrogen and oxygen atoms in total. The van der Waals surface area contributed by atoms with E-state index >= 15 is 0 Å². The van der Waals surface area contributed by atoms with Crippen LogP contribution in [-0.4, -0.2) is 31.3 Å². The van der Waals surface area contributed by atoms with Gasteiger partial charge in [0.15, 0.2) is 5.16 Å². The normalized spacial score (nSPS) is 10.7. The van der Waals surface area contributed by atoms with Crippen LogP contribution in [0.1, 0.15) is 25.6 Å². The van der Waals surface area contributed by atoms with Gasteiger partial charge in [-0.2, -0.15) is 0 Å². The minimum atomic E-state index is -0.486. The zero-order chi connectivity index (χ0) is 18.4. The smallest absolute Gasteiger partial charge is 0.269 e. The van der Waals surface area contributed by atoms with Gasteiger partial charge in [0.05, 0.1) is 10.7 Å². The monoisotopic (exact) mass is 361 g/mol. The van der Waals surface area contributed by atoms with Crippen LogP contribution in [0.15, 0.2) is 42.1 Å². The van der Waals surface area contributed by atoms with E-state index in [1.54, 1.807) is 6.08 Å². The molecular weight excluding hydrogens is 342 g/mol. The molecule has 0 unspecified atom stereocenters. The molecule has 1 aromatic heterocycles. The fraction of sp³-hybridized carbons (Fsp3) is 0.312. The van der Waals surface area contributed by atoms with Gasteiger partial charge >= 0.3 is 0 Å². The molecule has 132 valence electrons. The number of non-ortho nitro benzene ring substituents is 1. The van der Waals surface area contributed by atoms with Crippen LogP contribution in [0.4, 0.5) is 11.4 Å². The fourth-order valence-corrected chi connectivity index (χ4v) is 2.88. The van der Waals surface area contributed by atoms with Crippen LogP contribution in [0, 0.1) is 10.1 Å². The summed E-state index contributed by atoms with van der Waals surface area (Å²) in [6, 6.07) is 5.69. The molecule has 0 aliphatic rings. The average Bonchev–Trinajstić information content (AvgIpc) is 2.97. The number of nitro benzene ring substituents is 1. The zero-order valence-corrected chi connectivity index (χ0v) is 14.8. The van der Waals surface area contributed by atoms with E-state index in [1.165, 1.54) is 36.0 Å². The number of thioether (sulfide) groups is 1. The molecule has 0 aliphatic heterocycles. The highest BCUT2D eigenvalue weighted by Crippen LogP contribution is 2.22. The summed E-state index contributed by atoms with van der Waals surface area (Å²) in [7, 11) is 0. The number of aromatic nitrogens is 3. The number of amides is 1. The second-order valence-electron chi connectivity index (χ2n) is 5.54. The molecule has 2 aromatic rings. The van der Waals surface area contributed by atoms with Gasteiger partial charge in [0, 0.05) is 30.3 Å². The predicted molar refractivity (Wildman–Crippen MR) is 96.8 cm³/mol. The molecule has 0 atom stereocenters. The number of nitro groups is 1. The quantitative estimate of drug-likeness (QED) is 0.335. The molecule has 0 saturated carbocycles. The Bertz CT molecular complexity index is 771. The fourth-order valence-electron chi connectivity index (χ4n) is 2.13. The number of hydrogen-bond donors (Lipinski definition) is 1. The highest BCUT2D eigenvalue weighted by atomic mass is 32.2. The van der Waals surface area contributed by atoms with Crippen molar-refractivity contribution in [2.24, 2.45) is 0 Å². The first-order chi connectivity index (χ1) is 11.9. The van der Waals surface area contributed by atoms with Crippen molar-refractivity contribution in [3.8, 4) is 0 Å². The van der Waals surface area contributed by atoms with Crippen molar-refractivity contribution < 1.29 is 9.72 Å². The average molecular weight is 361 g/mol. The first-order valence-electron chi connectivity index (χ1n) is 7.63. The third-order valence-electron chi connectivity index (χ3n) is 3.27. The van der Waals surface area contributed by atoms with Crippen LogP contribution in [-0.2, 0) is 11.3 Å². The van der Waals surface area contributed by atoms with Crippen molar-refractivity contribution in [3.63, 3.8) is 0 Å². The van der Waals surface area contributed by atoms with Crippen LogP contribution >= 0.6 is 11.8 Å². The maximum Gasteiger partial charge on any atom is 0.269 e. The molecule has 2 rings (SSSR count). The van der Waals surface area contributed by atoms with Crippen molar-refractivity contribution in [2.75, 3.05) is 11.1 Å². The Hall–Kier alpha value is -2.68. The van der Waals surface area contributed by atoms with Gasteiger partial charge in [-0.05, 0) is 12.1 Å². The van der Waals surface area contributed by atoms with Crippen LogP contribution in [0.25, 0.3) is 0 Å². The van der Waals surface area contributed by atoms with Gasteiger partial charge in [-0.25, -0.2) is 0 Å². The van der Waals surface area contributed by atoms with E-state index in [-0.39, 0.29) is 23.3 Å². The van der Waals surface area contributed by atoms with E-state index in [0.717, 1.165) is 5.82 Å². The van der Waals surface area contributed by atoms with Crippen LogP contribution < -0.4 is 5.32 Å². The molecule has 1 N–H and O–H groups in total. The van der Waals surface area contributed by atoms with E-state index in [4.69, 9.17) is 0 Å². The molecule has 0 saturated heterocycles. The number of hydrogen-bond acceptors (Lipinski definition) is 6. The van der Waals surface area contributed by atoms with Crippen LogP contribution in [0.5, 0.6) is 0 Å². The lowest BCUT2D eigenvalue weighted by Gasteiger charge is -2.09. The molecule has 0 spiro atoms. The molecular formula is C16H19N5O3S. The molecule has 0 bridgehead atoms. The Labute approximate surface area is 149 Å². The summed E-state index contributed by atoms with van der Waals surface area (Å²) in [4.78, 5) is 22.2. The van der Waals surface area contributed by atoms with Crippen molar-refractivity contribution in [2.45, 2.75) is 31.5 Å². The van der Waals surface area contributed by atoms with Crippen LogP contribution in [0.2, 0.25) is 0 Å². The largest absolute Gasteiger partial charge is 0.325 e. The lowest BCUT2D eigenvalue weighted by molar-refractivity contribution is -0.384. The van der Waals surface area contributed by atoms with Crippen molar-refractivity contribution in [3.05, 3.63) is 52.9 Å². The number of allylic oxidation sites excluding steroid dienone is 1. The van der Waals surface area contributed by atoms with Gasteiger partial charge in [0.1, 0.15) is 5.82 Å². The van der Waals surface area contributed by atoms with Crippen molar-refractivity contribution in [1.82, 2.24) is 14.8 Å². The van der Waals surface area contributed by atoms with Gasteiger partial charge < -0.3 is 9.88 Å². The molecule has 0 fully saturated rings. The van der Waals surface area contributed by atoms with Gasteiger partial charge in [-0.15, -0.1) is 16.8 Å². The summed E-state index contributed by atoms with van der Waals surface area (Å²) in [6.45, 7) is 8.37. The lowest BCUT2D eigenvalue weighted by Crippen LogP contribution is -2.15. The first-order valence-corrected chi connectivity index (χ1v) is 8.62. The Balaban J connectivity index is 1.98. The topological polar surface area (TPSA) is 103 Å². The zero-order valence-electron chi connectivity index (χ0n) is 14.0. The minimum Gasteiger partial charge on any atom is -0.325 e. The maximum absolute atomic E-state index is 12.1. The molecule has 0 aliphatic carbocycles. The highest BCUT2D eigenvalue weighted by Gasteiger charge is 2.15. The Morgan fingerprint density at radius 1 is 1.40 bits per heavy atom. The van der Waals surface area contributed by atoms with Gasteiger partial charge in [-0.3, -0.25) is 14.9 Å². The molecule has 0 radical (unpaired) electrons. The standard InChI is InChI=1S/C16H19N5O3S/c1-4-9-20-15(11(2)3)18-19-16(20)25-10-14(22)17-12-5-7-13(8-6-12)21(23)24/h4-8,11H,1,9-10H2,2-3H3,(H,17,22). The summed E-state index contributed by atoms with van der Waals surface area (Å²) < 4.78 is 1.93. The third kappa shape index (κ3) is 4.90. The highest BCUT2D eigenvalue weighted by molar-refractivity contribution is 7.99. The third-order valence-corrected chi connectivity index (χ3v) is 4.23. The molecule has 9 heteroatoms. The summed E-state index contributed by atoms with van der Waals surface area (Å²) in [6.07, 6.45) is 1.76. The predicted octanol–water partition coefficient (Wildman–Crippen LogP) is 3.23. The molecule has 1 aromatic carbocycles. The number of anilines is 1. The number of benzene rings is 1. The van der Waals surface area contributed by atoms with Crippen molar-refractivity contribution >= 4 is 29.0 Å². The number of nitrogens with one attached hydrogen (secondary N) is 1. The van der Waals surface area contributed by atoms with E-state index in [1.807, 2.05) is 18.4 Å². The first kappa shape index (κ1) is 18.7. The minimum absolute atomic E-state index is 0.0221. The Kier molecular flexibility index (Phi) is 6.29. The number of rotatable bonds is 8. The Morgan fingerprint density at radius 2 is 2.08 bits per heavy atom. The van der Waals surface area contributed by atoms with Gasteiger partial charge in [0.25, 0.3) is 5.69 Å². The number of carbonyl (C=O) groups excluding carboxylic acids is 1. The molecule has 1 heterocycles. The van der Waals surface area contributed by atoms with Gasteiger partial charge in [-0.1, -0.05) is 31.7 Å². The van der Waals surface area contributed by atoms with Crippen LogP contribution in [0.3, 0.4) is 0 Å². The number of carbonyl (C=O) groups is 1. The summed E-state index contributed by atoms with van der Waals surface area (Å²) in [5.41, 5.74) is 0.484. The molecule has 1 amide bonds. The van der Waals surface area contributed by atoms with Gasteiger partial charge in [0.2, 0.25) is 5.91 Å². The lowest BCUT2D eigenvalue weighted by atomic mass is 10.2. The van der Waals surface area contributed by atoms with Crippen molar-refractivity contribution in [1.29, 1.82) is 0 Å². The molecule has 25 heavy (non-hydrogen) atoms. The van der Waals surface area contributed by atoms with E-state index in [0.29, 0.717) is 17.4 Å². The second-order valence-corrected chi connectivity index (χ2v) is 6.48. The van der Waals surface area contributed by atoms with E-state index in [2.05, 4.69) is 22.1 Å². The second kappa shape index (κ2) is 8.43. The van der Waals surface area contributed by atoms with E-state index in [9.17, 15) is 14.9 Å². The Morgan fingerprint density at radius 3 is 2.64 bits per heavy atom. The SMILES string of the molecule is C=CCn1c(SCC(=O)Nc2ccc([N+](=O)[O-])cc2)nnc1C(C)C. The summed E-state index contributed by atoms with van der Waals surface area (Å²) >= 11 is 1.28. The summed E-state index contributed by atoms with van der Waals surface area (Å²) in [5, 5.41) is 22.3. The maximum atomic E-state index is 12.1. The summed E-state index contributed by atoms with van der Waals surface area (Å²) in [5.74, 6) is 0.997. The van der Waals surface area contributed by atoms with E-state index < -0.39 is 4.92 Å². The number of nitrogens with zero attached hydrogens (tertiary/aromatic N) is 4.